The quantitative estimate of drug-likeness (QED) is 0.896. The number of anilines is 2. The van der Waals surface area contributed by atoms with Gasteiger partial charge < -0.3 is 15.4 Å². The van der Waals surface area contributed by atoms with E-state index in [2.05, 4.69) is 29.7 Å². The highest BCUT2D eigenvalue weighted by molar-refractivity contribution is 5.94. The molecule has 2 atom stereocenters. The summed E-state index contributed by atoms with van der Waals surface area (Å²) in [4.78, 5) is 13.4. The number of carbonyl (C=O) groups excluding carboxylic acids is 1. The minimum absolute atomic E-state index is 0.00840. The third-order valence-electron chi connectivity index (χ3n) is 4.23. The van der Waals surface area contributed by atoms with Crippen molar-refractivity contribution in [3.63, 3.8) is 0 Å². The summed E-state index contributed by atoms with van der Waals surface area (Å²) in [6, 6.07) is 8.58. The Bertz CT molecular complexity index is 489. The predicted molar refractivity (Wildman–Crippen MR) is 83.9 cm³/mol. The van der Waals surface area contributed by atoms with Crippen LogP contribution in [0.2, 0.25) is 0 Å². The summed E-state index contributed by atoms with van der Waals surface area (Å²) in [5.41, 5.74) is 2.06. The zero-order valence-electron chi connectivity index (χ0n) is 12.5. The number of hydrogen-bond donors (Lipinski definition) is 2. The molecule has 0 aliphatic carbocycles. The molecule has 2 aliphatic heterocycles. The van der Waals surface area contributed by atoms with Crippen LogP contribution in [0, 0.1) is 0 Å². The minimum atomic E-state index is -0.00840. The lowest BCUT2D eigenvalue weighted by Crippen LogP contribution is -2.33. The molecule has 0 spiro atoms. The summed E-state index contributed by atoms with van der Waals surface area (Å²) in [6.45, 7) is 4.47. The van der Waals surface area contributed by atoms with Gasteiger partial charge in [0, 0.05) is 37.1 Å². The molecule has 114 valence electrons. The molecule has 2 amide bonds. The molecule has 2 saturated heterocycles. The van der Waals surface area contributed by atoms with Gasteiger partial charge in [0.15, 0.2) is 0 Å². The number of amides is 2. The van der Waals surface area contributed by atoms with Crippen LogP contribution in [0.15, 0.2) is 24.3 Å². The van der Waals surface area contributed by atoms with Crippen LogP contribution in [-0.4, -0.2) is 37.9 Å². The largest absolute Gasteiger partial charge is 0.382 e. The SMILES string of the molecule is CCC1CC(Nc2ccc(N3CCNC3=O)cc2)CCO1. The van der Waals surface area contributed by atoms with Gasteiger partial charge in [-0.15, -0.1) is 0 Å². The summed E-state index contributed by atoms with van der Waals surface area (Å²) in [7, 11) is 0. The summed E-state index contributed by atoms with van der Waals surface area (Å²) in [5, 5.41) is 6.39. The van der Waals surface area contributed by atoms with E-state index in [4.69, 9.17) is 4.74 Å². The fourth-order valence-corrected chi connectivity index (χ4v) is 2.99. The average Bonchev–Trinajstić information content (AvgIpc) is 2.94. The first kappa shape index (κ1) is 14.2. The molecule has 1 aromatic rings. The molecule has 2 unspecified atom stereocenters. The Morgan fingerprint density at radius 1 is 1.38 bits per heavy atom. The molecule has 0 bridgehead atoms. The maximum atomic E-state index is 11.6. The third-order valence-corrected chi connectivity index (χ3v) is 4.23. The zero-order valence-corrected chi connectivity index (χ0v) is 12.5. The fourth-order valence-electron chi connectivity index (χ4n) is 2.99. The molecule has 5 heteroatoms. The summed E-state index contributed by atoms with van der Waals surface area (Å²) >= 11 is 0. The van der Waals surface area contributed by atoms with Crippen molar-refractivity contribution in [3.8, 4) is 0 Å². The van der Waals surface area contributed by atoms with Gasteiger partial charge in [0.2, 0.25) is 0 Å². The molecule has 2 fully saturated rings. The standard InChI is InChI=1S/C16H23N3O2/c1-2-15-11-13(7-10-21-15)18-12-3-5-14(6-4-12)19-9-8-17-16(19)20/h3-6,13,15,18H,2,7-11H2,1H3,(H,17,20). The first-order valence-corrected chi connectivity index (χ1v) is 7.80. The first-order chi connectivity index (χ1) is 10.3. The van der Waals surface area contributed by atoms with Crippen LogP contribution in [0.5, 0.6) is 0 Å². The highest BCUT2D eigenvalue weighted by atomic mass is 16.5. The average molecular weight is 289 g/mol. The van der Waals surface area contributed by atoms with Gasteiger partial charge in [-0.1, -0.05) is 6.92 Å². The van der Waals surface area contributed by atoms with Crippen LogP contribution in [0.4, 0.5) is 16.2 Å². The van der Waals surface area contributed by atoms with Crippen molar-refractivity contribution in [2.24, 2.45) is 0 Å². The van der Waals surface area contributed by atoms with E-state index < -0.39 is 0 Å². The molecule has 1 aromatic carbocycles. The molecule has 2 heterocycles. The lowest BCUT2D eigenvalue weighted by molar-refractivity contribution is 0.00925. The van der Waals surface area contributed by atoms with Crippen molar-refractivity contribution in [2.45, 2.75) is 38.3 Å². The maximum Gasteiger partial charge on any atom is 0.321 e. The lowest BCUT2D eigenvalue weighted by atomic mass is 10.0. The summed E-state index contributed by atoms with van der Waals surface area (Å²) in [5.74, 6) is 0. The van der Waals surface area contributed by atoms with E-state index in [9.17, 15) is 4.79 Å². The van der Waals surface area contributed by atoms with Crippen molar-refractivity contribution < 1.29 is 9.53 Å². The molecule has 2 aliphatic rings. The van der Waals surface area contributed by atoms with E-state index in [1.165, 1.54) is 0 Å². The Morgan fingerprint density at radius 3 is 2.86 bits per heavy atom. The number of nitrogens with one attached hydrogen (secondary N) is 2. The molecule has 0 aromatic heterocycles. The molecule has 3 rings (SSSR count). The van der Waals surface area contributed by atoms with Gasteiger partial charge >= 0.3 is 6.03 Å². The van der Waals surface area contributed by atoms with E-state index in [-0.39, 0.29) is 6.03 Å². The van der Waals surface area contributed by atoms with Crippen LogP contribution in [-0.2, 0) is 4.74 Å². The lowest BCUT2D eigenvalue weighted by Gasteiger charge is -2.30. The fraction of sp³-hybridized carbons (Fsp3) is 0.562. The van der Waals surface area contributed by atoms with Gasteiger partial charge in [0.25, 0.3) is 0 Å². The Labute approximate surface area is 125 Å². The Hall–Kier alpha value is -1.75. The van der Waals surface area contributed by atoms with Crippen molar-refractivity contribution in [1.29, 1.82) is 0 Å². The molecular weight excluding hydrogens is 266 g/mol. The number of nitrogens with zero attached hydrogens (tertiary/aromatic N) is 1. The maximum absolute atomic E-state index is 11.6. The molecular formula is C16H23N3O2. The second kappa shape index (κ2) is 6.35. The molecule has 21 heavy (non-hydrogen) atoms. The molecule has 0 saturated carbocycles. The van der Waals surface area contributed by atoms with Crippen LogP contribution in [0.1, 0.15) is 26.2 Å². The number of carbonyl (C=O) groups is 1. The van der Waals surface area contributed by atoms with Gasteiger partial charge in [0.1, 0.15) is 0 Å². The minimum Gasteiger partial charge on any atom is -0.382 e. The number of ether oxygens (including phenoxy) is 1. The van der Waals surface area contributed by atoms with Gasteiger partial charge in [0.05, 0.1) is 6.10 Å². The van der Waals surface area contributed by atoms with E-state index in [1.54, 1.807) is 4.90 Å². The number of rotatable bonds is 4. The van der Waals surface area contributed by atoms with Crippen molar-refractivity contribution >= 4 is 17.4 Å². The molecule has 5 nitrogen and oxygen atoms in total. The van der Waals surface area contributed by atoms with Gasteiger partial charge in [-0.25, -0.2) is 4.79 Å². The molecule has 2 N–H and O–H groups in total. The van der Waals surface area contributed by atoms with Crippen molar-refractivity contribution in [2.75, 3.05) is 29.9 Å². The Kier molecular flexibility index (Phi) is 4.29. The third kappa shape index (κ3) is 3.29. The highest BCUT2D eigenvalue weighted by Gasteiger charge is 2.22. The monoisotopic (exact) mass is 289 g/mol. The Balaban J connectivity index is 1.60. The normalized spacial score (nSPS) is 25.8. The van der Waals surface area contributed by atoms with Crippen molar-refractivity contribution in [1.82, 2.24) is 5.32 Å². The van der Waals surface area contributed by atoms with E-state index in [0.29, 0.717) is 12.1 Å². The second-order valence-electron chi connectivity index (χ2n) is 5.70. The van der Waals surface area contributed by atoms with E-state index in [1.807, 2.05) is 12.1 Å². The van der Waals surface area contributed by atoms with Crippen LogP contribution in [0.25, 0.3) is 0 Å². The number of hydrogen-bond acceptors (Lipinski definition) is 3. The summed E-state index contributed by atoms with van der Waals surface area (Å²) < 4.78 is 5.70. The zero-order chi connectivity index (χ0) is 14.7. The van der Waals surface area contributed by atoms with Crippen LogP contribution < -0.4 is 15.5 Å². The van der Waals surface area contributed by atoms with Crippen LogP contribution in [0.3, 0.4) is 0 Å². The van der Waals surface area contributed by atoms with E-state index in [0.717, 1.165) is 50.3 Å². The van der Waals surface area contributed by atoms with Crippen LogP contribution >= 0.6 is 0 Å². The second-order valence-corrected chi connectivity index (χ2v) is 5.70. The van der Waals surface area contributed by atoms with Crippen molar-refractivity contribution in [3.05, 3.63) is 24.3 Å². The number of benzene rings is 1. The van der Waals surface area contributed by atoms with Gasteiger partial charge in [-0.3, -0.25) is 4.90 Å². The number of urea groups is 1. The molecule has 0 radical (unpaired) electrons. The highest BCUT2D eigenvalue weighted by Crippen LogP contribution is 2.23. The Morgan fingerprint density at radius 2 is 2.19 bits per heavy atom. The smallest absolute Gasteiger partial charge is 0.321 e. The van der Waals surface area contributed by atoms with E-state index >= 15 is 0 Å². The predicted octanol–water partition coefficient (Wildman–Crippen LogP) is 2.59. The van der Waals surface area contributed by atoms with Gasteiger partial charge in [-0.2, -0.15) is 0 Å². The topological polar surface area (TPSA) is 53.6 Å². The first-order valence-electron chi connectivity index (χ1n) is 7.80. The van der Waals surface area contributed by atoms with Gasteiger partial charge in [-0.05, 0) is 43.5 Å². The summed E-state index contributed by atoms with van der Waals surface area (Å²) in [6.07, 6.45) is 3.56.